The number of nitrogens with zero attached hydrogens (tertiary/aromatic N) is 1. The molecule has 2 amide bonds. The average molecular weight is 445 g/mol. The third-order valence-electron chi connectivity index (χ3n) is 5.21. The largest absolute Gasteiger partial charge is 0.560 e. The number of esters is 1. The van der Waals surface area contributed by atoms with Gasteiger partial charge in [-0.3, -0.25) is 9.59 Å². The highest BCUT2D eigenvalue weighted by molar-refractivity contribution is 6.02. The van der Waals surface area contributed by atoms with Crippen molar-refractivity contribution < 1.29 is 28.5 Å². The molecule has 0 saturated carbocycles. The normalized spacial score (nSPS) is 23.2. The van der Waals surface area contributed by atoms with Crippen molar-refractivity contribution in [1.29, 1.82) is 0 Å². The molecule has 0 aliphatic carbocycles. The van der Waals surface area contributed by atoms with E-state index in [0.29, 0.717) is 32.3 Å². The molecule has 2 bridgehead atoms. The third kappa shape index (κ3) is 7.58. The summed E-state index contributed by atoms with van der Waals surface area (Å²) in [6, 6.07) is 5.04. The van der Waals surface area contributed by atoms with Gasteiger partial charge in [0.25, 0.3) is 0 Å². The van der Waals surface area contributed by atoms with Gasteiger partial charge >= 0.3 is 14.0 Å². The topological polar surface area (TPSA) is 115 Å². The SMILES string of the molecule is BOC=N[C@H]1Cc2ccc(cc2)OCCCC[C@@H](C(=O)OC)NC(=O)[C@H](C(C)C)NC1=O. The van der Waals surface area contributed by atoms with Crippen molar-refractivity contribution in [2.45, 2.75) is 57.7 Å². The van der Waals surface area contributed by atoms with Gasteiger partial charge in [-0.2, -0.15) is 0 Å². The predicted molar refractivity (Wildman–Crippen MR) is 122 cm³/mol. The number of rotatable bonds is 4. The minimum atomic E-state index is -0.837. The Kier molecular flexibility index (Phi) is 10.0. The predicted octanol–water partition coefficient (Wildman–Crippen LogP) is 0.552. The number of hydrogen-bond donors (Lipinski definition) is 2. The van der Waals surface area contributed by atoms with Crippen LogP contribution in [0, 0.1) is 5.92 Å². The second-order valence-electron chi connectivity index (χ2n) is 8.01. The zero-order chi connectivity index (χ0) is 23.5. The highest BCUT2D eigenvalue weighted by atomic mass is 16.5. The number of amides is 2. The average Bonchev–Trinajstić information content (AvgIpc) is 2.78. The Balaban J connectivity index is 2.32. The molecule has 9 nitrogen and oxygen atoms in total. The van der Waals surface area contributed by atoms with E-state index >= 15 is 0 Å². The maximum atomic E-state index is 13.0. The maximum Gasteiger partial charge on any atom is 0.328 e. The van der Waals surface area contributed by atoms with Crippen LogP contribution in [0.1, 0.15) is 38.7 Å². The maximum absolute atomic E-state index is 13.0. The molecule has 10 heteroatoms. The number of methoxy groups -OCH3 is 1. The van der Waals surface area contributed by atoms with Crippen LogP contribution in [0.4, 0.5) is 0 Å². The molecule has 174 valence electrons. The van der Waals surface area contributed by atoms with Crippen molar-refractivity contribution in [3.63, 3.8) is 0 Å². The van der Waals surface area contributed by atoms with Gasteiger partial charge in [0, 0.05) is 6.42 Å². The summed E-state index contributed by atoms with van der Waals surface area (Å²) in [4.78, 5) is 42.4. The van der Waals surface area contributed by atoms with Crippen molar-refractivity contribution in [2.24, 2.45) is 10.9 Å². The lowest BCUT2D eigenvalue weighted by atomic mass is 10.0. The number of aliphatic imine (C=N–C) groups is 1. The van der Waals surface area contributed by atoms with Crippen molar-refractivity contribution in [3.05, 3.63) is 29.8 Å². The standard InChI is InChI=1S/C22H32BN3O6/c1-14(2)19-21(28)25-17(22(29)30-3)6-4-5-11-31-16-9-7-15(8-10-16)12-18(20(27)26-19)24-13-32-23/h7-10,13-14,17-19H,4-6,11-12,23H2,1-3H3,(H,25,28)(H,26,27)/t17-,18-,19-/m0/s1. The second-order valence-corrected chi connectivity index (χ2v) is 8.01. The van der Waals surface area contributed by atoms with E-state index in [9.17, 15) is 14.4 Å². The van der Waals surface area contributed by atoms with Crippen LogP contribution in [-0.2, 0) is 30.2 Å². The van der Waals surface area contributed by atoms with Crippen molar-refractivity contribution in [1.82, 2.24) is 10.6 Å². The van der Waals surface area contributed by atoms with E-state index in [4.69, 9.17) is 14.1 Å². The number of ether oxygens (including phenoxy) is 2. The molecule has 2 aliphatic rings. The highest BCUT2D eigenvalue weighted by Crippen LogP contribution is 2.16. The third-order valence-corrected chi connectivity index (χ3v) is 5.21. The first-order valence-electron chi connectivity index (χ1n) is 10.8. The Bertz CT molecular complexity index is 799. The highest BCUT2D eigenvalue weighted by Gasteiger charge is 2.31. The number of fused-ring (bicyclic) bond motifs is 14. The molecule has 0 saturated heterocycles. The second kappa shape index (κ2) is 12.7. The fraction of sp³-hybridized carbons (Fsp3) is 0.545. The number of carbonyl (C=O) groups excluding carboxylic acids is 3. The molecule has 32 heavy (non-hydrogen) atoms. The molecule has 2 aliphatic heterocycles. The summed E-state index contributed by atoms with van der Waals surface area (Å²) >= 11 is 0. The zero-order valence-electron chi connectivity index (χ0n) is 19.1. The molecule has 0 radical (unpaired) electrons. The number of hydrogen-bond acceptors (Lipinski definition) is 7. The van der Waals surface area contributed by atoms with Crippen LogP contribution in [0.3, 0.4) is 0 Å². The van der Waals surface area contributed by atoms with Gasteiger partial charge in [-0.15, -0.1) is 0 Å². The summed E-state index contributed by atoms with van der Waals surface area (Å²) in [5.74, 6) is -0.866. The number of benzene rings is 1. The van der Waals surface area contributed by atoms with Gasteiger partial charge in [0.05, 0.1) is 13.7 Å². The summed E-state index contributed by atoms with van der Waals surface area (Å²) < 4.78 is 15.5. The van der Waals surface area contributed by atoms with Gasteiger partial charge in [0.15, 0.2) is 6.40 Å². The van der Waals surface area contributed by atoms with E-state index in [0.717, 1.165) is 11.3 Å². The van der Waals surface area contributed by atoms with Crippen LogP contribution in [0.2, 0.25) is 0 Å². The van der Waals surface area contributed by atoms with E-state index in [1.54, 1.807) is 0 Å². The van der Waals surface area contributed by atoms with Crippen LogP contribution in [0.15, 0.2) is 29.3 Å². The number of nitrogens with one attached hydrogen (secondary N) is 2. The zero-order valence-corrected chi connectivity index (χ0v) is 19.1. The van der Waals surface area contributed by atoms with Crippen LogP contribution < -0.4 is 15.4 Å². The summed E-state index contributed by atoms with van der Waals surface area (Å²) in [6.07, 6.45) is 3.30. The Morgan fingerprint density at radius 1 is 1.19 bits per heavy atom. The lowest BCUT2D eigenvalue weighted by molar-refractivity contribution is -0.145. The molecule has 0 spiro atoms. The van der Waals surface area contributed by atoms with E-state index in [2.05, 4.69) is 15.6 Å². The quantitative estimate of drug-likeness (QED) is 0.303. The molecule has 3 rings (SSSR count). The minimum absolute atomic E-state index is 0.209. The lowest BCUT2D eigenvalue weighted by Gasteiger charge is -2.25. The van der Waals surface area contributed by atoms with Gasteiger partial charge in [0.1, 0.15) is 23.9 Å². The Morgan fingerprint density at radius 2 is 1.91 bits per heavy atom. The molecule has 1 aromatic rings. The first kappa shape index (κ1) is 25.2. The molecule has 3 atom stereocenters. The van der Waals surface area contributed by atoms with E-state index in [1.165, 1.54) is 21.6 Å². The van der Waals surface area contributed by atoms with Crippen LogP contribution in [0.5, 0.6) is 5.75 Å². The molecule has 0 fully saturated rings. The van der Waals surface area contributed by atoms with Gasteiger partial charge in [-0.05, 0) is 42.9 Å². The fourth-order valence-corrected chi connectivity index (χ4v) is 3.37. The molecule has 0 aromatic heterocycles. The van der Waals surface area contributed by atoms with Crippen LogP contribution >= 0.6 is 0 Å². The Hall–Kier alpha value is -3.04. The summed E-state index contributed by atoms with van der Waals surface area (Å²) in [7, 11) is 2.73. The summed E-state index contributed by atoms with van der Waals surface area (Å²) in [6.45, 7) is 4.13. The molecule has 2 heterocycles. The lowest BCUT2D eigenvalue weighted by Crippen LogP contribution is -2.55. The molecule has 2 N–H and O–H groups in total. The van der Waals surface area contributed by atoms with Crippen molar-refractivity contribution in [2.75, 3.05) is 13.7 Å². The molecule has 0 unspecified atom stereocenters. The summed E-state index contributed by atoms with van der Waals surface area (Å²) in [5, 5.41) is 5.53. The molecule has 1 aromatic carbocycles. The van der Waals surface area contributed by atoms with Gasteiger partial charge in [-0.1, -0.05) is 26.0 Å². The monoisotopic (exact) mass is 445 g/mol. The number of carbonyl (C=O) groups is 3. The first-order chi connectivity index (χ1) is 15.3. The van der Waals surface area contributed by atoms with Gasteiger partial charge in [0.2, 0.25) is 11.8 Å². The van der Waals surface area contributed by atoms with E-state index < -0.39 is 35.9 Å². The first-order valence-corrected chi connectivity index (χ1v) is 10.8. The van der Waals surface area contributed by atoms with E-state index in [-0.39, 0.29) is 5.92 Å². The van der Waals surface area contributed by atoms with Gasteiger partial charge in [-0.25, -0.2) is 9.79 Å². The van der Waals surface area contributed by atoms with E-state index in [1.807, 2.05) is 38.1 Å². The van der Waals surface area contributed by atoms with Crippen molar-refractivity contribution >= 4 is 32.2 Å². The molecular formula is C22H32BN3O6. The minimum Gasteiger partial charge on any atom is -0.560 e. The van der Waals surface area contributed by atoms with Crippen LogP contribution in [0.25, 0.3) is 0 Å². The Labute approximate surface area is 189 Å². The smallest absolute Gasteiger partial charge is 0.328 e. The van der Waals surface area contributed by atoms with Gasteiger partial charge < -0.3 is 24.8 Å². The Morgan fingerprint density at radius 3 is 2.53 bits per heavy atom. The summed E-state index contributed by atoms with van der Waals surface area (Å²) in [5.41, 5.74) is 0.895. The molecular weight excluding hydrogens is 413 g/mol. The van der Waals surface area contributed by atoms with Crippen molar-refractivity contribution in [3.8, 4) is 5.75 Å². The fourth-order valence-electron chi connectivity index (χ4n) is 3.37. The van der Waals surface area contributed by atoms with Crippen LogP contribution in [-0.4, -0.2) is 64.1 Å².